The first-order chi connectivity index (χ1) is 8.61. The number of carbonyl (C=O) groups is 1. The van der Waals surface area contributed by atoms with E-state index in [1.807, 2.05) is 6.07 Å². The van der Waals surface area contributed by atoms with Gasteiger partial charge in [0.25, 0.3) is 5.91 Å². The lowest BCUT2D eigenvalue weighted by atomic mass is 9.99. The van der Waals surface area contributed by atoms with Crippen molar-refractivity contribution in [1.82, 2.24) is 5.32 Å². The predicted octanol–water partition coefficient (Wildman–Crippen LogP) is 1.49. The maximum absolute atomic E-state index is 12.0. The summed E-state index contributed by atoms with van der Waals surface area (Å²) in [5.74, 6) is -0.154. The van der Waals surface area contributed by atoms with Gasteiger partial charge in [0.05, 0.1) is 10.9 Å². The van der Waals surface area contributed by atoms with Crippen LogP contribution in [0.3, 0.4) is 0 Å². The molecule has 1 heterocycles. The fourth-order valence-corrected chi connectivity index (χ4v) is 3.19. The minimum absolute atomic E-state index is 0.00432. The summed E-state index contributed by atoms with van der Waals surface area (Å²) in [5, 5.41) is 14.1. The molecule has 4 N–H and O–H groups in total. The van der Waals surface area contributed by atoms with Crippen molar-refractivity contribution < 1.29 is 10.0 Å². The van der Waals surface area contributed by atoms with E-state index in [1.165, 1.54) is 23.3 Å². The maximum Gasteiger partial charge on any atom is 0.261 e. The number of nitrogens with two attached hydrogens (primary N) is 1. The van der Waals surface area contributed by atoms with Crippen molar-refractivity contribution in [2.45, 2.75) is 38.6 Å². The van der Waals surface area contributed by atoms with Crippen LogP contribution in [0.1, 0.15) is 39.9 Å². The minimum atomic E-state index is -0.471. The molecular formula is C12H17N3O2S. The molecule has 1 atom stereocenters. The zero-order valence-electron chi connectivity index (χ0n) is 10.3. The van der Waals surface area contributed by atoms with E-state index >= 15 is 0 Å². The number of hydrogen-bond donors (Lipinski definition) is 3. The second-order valence-electron chi connectivity index (χ2n) is 4.49. The summed E-state index contributed by atoms with van der Waals surface area (Å²) in [6.07, 6.45) is 4.54. The lowest BCUT2D eigenvalue weighted by molar-refractivity contribution is 0.0952. The maximum atomic E-state index is 12.0. The van der Waals surface area contributed by atoms with Crippen molar-refractivity contribution >= 4 is 23.1 Å². The summed E-state index contributed by atoms with van der Waals surface area (Å²) in [7, 11) is 0. The zero-order valence-corrected chi connectivity index (χ0v) is 11.1. The molecule has 0 spiro atoms. The number of rotatable bonds is 3. The lowest BCUT2D eigenvalue weighted by Gasteiger charge is -2.10. The molecule has 98 valence electrons. The normalized spacial score (nSPS) is 17.1. The number of oxime groups is 1. The number of nitrogens with zero attached hydrogens (tertiary/aromatic N) is 1. The topological polar surface area (TPSA) is 87.7 Å². The third-order valence-electron chi connectivity index (χ3n) is 3.13. The van der Waals surface area contributed by atoms with E-state index in [2.05, 4.69) is 10.5 Å². The SMILES string of the molecule is CC(NC(=O)c1cc2c(s1)CCCC2)/C(N)=N/O. The average molecular weight is 267 g/mol. The summed E-state index contributed by atoms with van der Waals surface area (Å²) in [4.78, 5) is 14.0. The molecule has 0 aromatic carbocycles. The van der Waals surface area contributed by atoms with Gasteiger partial charge in [0, 0.05) is 4.88 Å². The fourth-order valence-electron chi connectivity index (χ4n) is 2.03. The van der Waals surface area contributed by atoms with Gasteiger partial charge < -0.3 is 16.3 Å². The Kier molecular flexibility index (Phi) is 3.86. The second-order valence-corrected chi connectivity index (χ2v) is 5.62. The molecule has 0 aliphatic heterocycles. The van der Waals surface area contributed by atoms with Crippen molar-refractivity contribution in [3.05, 3.63) is 21.4 Å². The molecule has 0 fully saturated rings. The van der Waals surface area contributed by atoms with Crippen molar-refractivity contribution in [3.8, 4) is 0 Å². The van der Waals surface area contributed by atoms with Gasteiger partial charge in [-0.2, -0.15) is 0 Å². The Morgan fingerprint density at radius 3 is 2.94 bits per heavy atom. The number of amides is 1. The summed E-state index contributed by atoms with van der Waals surface area (Å²) in [6.45, 7) is 1.68. The molecule has 1 aliphatic carbocycles. The van der Waals surface area contributed by atoms with Crippen molar-refractivity contribution in [2.24, 2.45) is 10.9 Å². The second kappa shape index (κ2) is 5.39. The number of carbonyl (C=O) groups excluding carboxylic acids is 1. The number of hydrogen-bond acceptors (Lipinski definition) is 4. The van der Waals surface area contributed by atoms with Gasteiger partial charge in [0.1, 0.15) is 0 Å². The van der Waals surface area contributed by atoms with Crippen LogP contribution in [0.5, 0.6) is 0 Å². The molecule has 0 saturated carbocycles. The number of fused-ring (bicyclic) bond motifs is 1. The molecule has 1 aromatic rings. The largest absolute Gasteiger partial charge is 0.409 e. The summed E-state index contributed by atoms with van der Waals surface area (Å²) >= 11 is 1.55. The molecule has 0 bridgehead atoms. The van der Waals surface area contributed by atoms with Gasteiger partial charge in [0.2, 0.25) is 0 Å². The van der Waals surface area contributed by atoms with Crippen molar-refractivity contribution in [3.63, 3.8) is 0 Å². The molecular weight excluding hydrogens is 250 g/mol. The van der Waals surface area contributed by atoms with Crippen LogP contribution in [0.4, 0.5) is 0 Å². The molecule has 2 rings (SSSR count). The smallest absolute Gasteiger partial charge is 0.261 e. The van der Waals surface area contributed by atoms with Gasteiger partial charge in [-0.1, -0.05) is 5.16 Å². The fraction of sp³-hybridized carbons (Fsp3) is 0.500. The Morgan fingerprint density at radius 1 is 1.56 bits per heavy atom. The Balaban J connectivity index is 2.07. The molecule has 0 radical (unpaired) electrons. The van der Waals surface area contributed by atoms with E-state index in [0.29, 0.717) is 4.88 Å². The highest BCUT2D eigenvalue weighted by molar-refractivity contribution is 7.14. The van der Waals surface area contributed by atoms with E-state index in [-0.39, 0.29) is 11.7 Å². The van der Waals surface area contributed by atoms with Crippen LogP contribution in [0.15, 0.2) is 11.2 Å². The quantitative estimate of drug-likeness (QED) is 0.335. The van der Waals surface area contributed by atoms with Gasteiger partial charge in [-0.15, -0.1) is 11.3 Å². The third kappa shape index (κ3) is 2.64. The van der Waals surface area contributed by atoms with Gasteiger partial charge in [-0.3, -0.25) is 4.79 Å². The van der Waals surface area contributed by atoms with Gasteiger partial charge in [-0.05, 0) is 44.2 Å². The standard InChI is InChI=1S/C12H17N3O2S/c1-7(11(13)15-17)14-12(16)10-6-8-4-2-3-5-9(8)18-10/h6-7,17H,2-5H2,1H3,(H2,13,15)(H,14,16). The molecule has 18 heavy (non-hydrogen) atoms. The third-order valence-corrected chi connectivity index (χ3v) is 4.36. The molecule has 1 amide bonds. The number of nitrogens with one attached hydrogen (secondary N) is 1. The highest BCUT2D eigenvalue weighted by atomic mass is 32.1. The summed E-state index contributed by atoms with van der Waals surface area (Å²) in [5.41, 5.74) is 6.73. The van der Waals surface area contributed by atoms with E-state index < -0.39 is 6.04 Å². The number of thiophene rings is 1. The number of aryl methyl sites for hydroxylation is 2. The molecule has 5 nitrogen and oxygen atoms in total. The van der Waals surface area contributed by atoms with Gasteiger partial charge >= 0.3 is 0 Å². The Morgan fingerprint density at radius 2 is 2.28 bits per heavy atom. The molecule has 1 aliphatic rings. The van der Waals surface area contributed by atoms with Crippen LogP contribution in [0.25, 0.3) is 0 Å². The van der Waals surface area contributed by atoms with Crippen LogP contribution in [0.2, 0.25) is 0 Å². The highest BCUT2D eigenvalue weighted by Crippen LogP contribution is 2.29. The van der Waals surface area contributed by atoms with Crippen molar-refractivity contribution in [1.29, 1.82) is 0 Å². The van der Waals surface area contributed by atoms with Crippen LogP contribution in [0, 0.1) is 0 Å². The number of amidine groups is 1. The summed E-state index contributed by atoms with van der Waals surface area (Å²) < 4.78 is 0. The Hall–Kier alpha value is -1.56. The van der Waals surface area contributed by atoms with Crippen LogP contribution < -0.4 is 11.1 Å². The zero-order chi connectivity index (χ0) is 13.1. The summed E-state index contributed by atoms with van der Waals surface area (Å²) in [6, 6.07) is 1.50. The molecule has 6 heteroatoms. The molecule has 0 saturated heterocycles. The van der Waals surface area contributed by atoms with Crippen LogP contribution in [-0.2, 0) is 12.8 Å². The lowest BCUT2D eigenvalue weighted by Crippen LogP contribution is -2.42. The average Bonchev–Trinajstić information content (AvgIpc) is 2.81. The van der Waals surface area contributed by atoms with E-state index in [0.717, 1.165) is 12.8 Å². The van der Waals surface area contributed by atoms with E-state index in [4.69, 9.17) is 10.9 Å². The van der Waals surface area contributed by atoms with Crippen LogP contribution in [-0.4, -0.2) is 23.0 Å². The van der Waals surface area contributed by atoms with Gasteiger partial charge in [-0.25, -0.2) is 0 Å². The Labute approximate surface area is 110 Å². The first kappa shape index (κ1) is 12.9. The minimum Gasteiger partial charge on any atom is -0.409 e. The monoisotopic (exact) mass is 267 g/mol. The highest BCUT2D eigenvalue weighted by Gasteiger charge is 2.19. The first-order valence-corrected chi connectivity index (χ1v) is 6.83. The van der Waals surface area contributed by atoms with Crippen LogP contribution >= 0.6 is 11.3 Å². The Bertz CT molecular complexity index is 458. The molecule has 1 aromatic heterocycles. The van der Waals surface area contributed by atoms with Crippen molar-refractivity contribution in [2.75, 3.05) is 0 Å². The first-order valence-electron chi connectivity index (χ1n) is 6.01. The van der Waals surface area contributed by atoms with Gasteiger partial charge in [0.15, 0.2) is 5.84 Å². The van der Waals surface area contributed by atoms with E-state index in [1.54, 1.807) is 18.3 Å². The predicted molar refractivity (Wildman–Crippen MR) is 71.3 cm³/mol. The molecule has 1 unspecified atom stereocenters. The van der Waals surface area contributed by atoms with E-state index in [9.17, 15) is 4.79 Å².